The largest absolute Gasteiger partial charge is 0.309 e. The summed E-state index contributed by atoms with van der Waals surface area (Å²) < 4.78 is 4.89. The molecule has 3 aromatic heterocycles. The molecule has 0 saturated heterocycles. The van der Waals surface area contributed by atoms with E-state index in [0.717, 1.165) is 55.7 Å². The van der Waals surface area contributed by atoms with Crippen molar-refractivity contribution in [2.75, 3.05) is 0 Å². The molecular weight excluding hydrogens is 887 g/mol. The van der Waals surface area contributed by atoms with Gasteiger partial charge in [-0.2, -0.15) is 0 Å². The van der Waals surface area contributed by atoms with E-state index in [1.807, 2.05) is 0 Å². The van der Waals surface area contributed by atoms with E-state index >= 15 is 0 Å². The first kappa shape index (κ1) is 47.7. The lowest BCUT2D eigenvalue weighted by molar-refractivity contribution is 0.568. The van der Waals surface area contributed by atoms with Gasteiger partial charge in [-0.25, -0.2) is 15.0 Å². The van der Waals surface area contributed by atoms with Gasteiger partial charge < -0.3 is 9.13 Å². The molecule has 0 unspecified atom stereocenters. The molecule has 0 atom stereocenters. The van der Waals surface area contributed by atoms with Crippen LogP contribution in [0.2, 0.25) is 0 Å². The van der Waals surface area contributed by atoms with Crippen LogP contribution in [0.4, 0.5) is 0 Å². The van der Waals surface area contributed by atoms with E-state index in [1.165, 1.54) is 54.9 Å². The predicted octanol–water partition coefficient (Wildman–Crippen LogP) is 18.2. The van der Waals surface area contributed by atoms with Crippen LogP contribution in [-0.2, 0) is 21.7 Å². The second-order valence-corrected chi connectivity index (χ2v) is 24.4. The zero-order valence-electron chi connectivity index (χ0n) is 44.9. The summed E-state index contributed by atoms with van der Waals surface area (Å²) >= 11 is 0. The Labute approximate surface area is 431 Å². The van der Waals surface area contributed by atoms with Gasteiger partial charge in [-0.15, -0.1) is 0 Å². The Morgan fingerprint density at radius 1 is 0.301 bits per heavy atom. The maximum absolute atomic E-state index is 5.54. The highest BCUT2D eigenvalue weighted by atomic mass is 15.0. The van der Waals surface area contributed by atoms with Crippen molar-refractivity contribution in [3.63, 3.8) is 0 Å². The van der Waals surface area contributed by atoms with Crippen LogP contribution in [0.25, 0.3) is 100 Å². The Bertz CT molecular complexity index is 3750. The number of fused-ring (bicyclic) bond motifs is 6. The van der Waals surface area contributed by atoms with Gasteiger partial charge in [0.25, 0.3) is 0 Å². The van der Waals surface area contributed by atoms with E-state index < -0.39 is 0 Å². The molecule has 0 aliphatic rings. The average Bonchev–Trinajstić information content (AvgIpc) is 3.87. The lowest BCUT2D eigenvalue weighted by Crippen LogP contribution is -2.17. The van der Waals surface area contributed by atoms with Gasteiger partial charge in [0, 0.05) is 49.4 Å². The van der Waals surface area contributed by atoms with Crippen LogP contribution in [0.15, 0.2) is 170 Å². The molecule has 0 spiro atoms. The highest BCUT2D eigenvalue weighted by Crippen LogP contribution is 2.43. The van der Waals surface area contributed by atoms with Gasteiger partial charge in [-0.1, -0.05) is 180 Å². The molecule has 0 saturated carbocycles. The second-order valence-electron chi connectivity index (χ2n) is 24.4. The Hall–Kier alpha value is -7.63. The fourth-order valence-corrected chi connectivity index (χ4v) is 10.5. The van der Waals surface area contributed by atoms with Crippen molar-refractivity contribution in [1.82, 2.24) is 24.1 Å². The van der Waals surface area contributed by atoms with E-state index in [4.69, 9.17) is 15.0 Å². The molecular formula is C68H67N5. The number of rotatable bonds is 6. The van der Waals surface area contributed by atoms with E-state index in [0.29, 0.717) is 17.5 Å². The minimum absolute atomic E-state index is 0.0997. The monoisotopic (exact) mass is 954 g/mol. The van der Waals surface area contributed by atoms with Gasteiger partial charge in [-0.3, -0.25) is 0 Å². The lowest BCUT2D eigenvalue weighted by atomic mass is 9.79. The van der Waals surface area contributed by atoms with Crippen molar-refractivity contribution in [2.24, 2.45) is 0 Å². The normalized spacial score (nSPS) is 12.7. The predicted molar refractivity (Wildman–Crippen MR) is 310 cm³/mol. The fraction of sp³-hybridized carbons (Fsp3) is 0.250. The summed E-state index contributed by atoms with van der Waals surface area (Å²) in [5, 5.41) is 4.89. The van der Waals surface area contributed by atoms with Crippen molar-refractivity contribution in [3.8, 4) is 56.7 Å². The van der Waals surface area contributed by atoms with Crippen molar-refractivity contribution >= 4 is 43.6 Å². The molecule has 0 aliphatic heterocycles. The number of hydrogen-bond acceptors (Lipinski definition) is 3. The number of aromatic nitrogens is 5. The van der Waals surface area contributed by atoms with E-state index in [-0.39, 0.29) is 21.7 Å². The Kier molecular flexibility index (Phi) is 11.3. The minimum Gasteiger partial charge on any atom is -0.309 e. The molecule has 5 heteroatoms. The molecule has 0 amide bonds. The molecule has 11 aromatic rings. The van der Waals surface area contributed by atoms with Gasteiger partial charge >= 0.3 is 0 Å². The van der Waals surface area contributed by atoms with Crippen LogP contribution in [0, 0.1) is 6.92 Å². The molecule has 0 fully saturated rings. The van der Waals surface area contributed by atoms with Crippen molar-refractivity contribution in [1.29, 1.82) is 0 Å². The number of hydrogen-bond donors (Lipinski definition) is 0. The third kappa shape index (κ3) is 8.63. The first-order valence-corrected chi connectivity index (χ1v) is 25.9. The molecule has 0 N–H and O–H groups in total. The smallest absolute Gasteiger partial charge is 0.164 e. The molecule has 364 valence electrons. The van der Waals surface area contributed by atoms with Crippen molar-refractivity contribution in [2.45, 2.75) is 112 Å². The Morgan fingerprint density at radius 2 is 0.671 bits per heavy atom. The zero-order valence-corrected chi connectivity index (χ0v) is 44.9. The molecule has 11 rings (SSSR count). The number of para-hydroxylation sites is 4. The molecule has 0 radical (unpaired) electrons. The summed E-state index contributed by atoms with van der Waals surface area (Å²) in [6.45, 7) is 29.6. The fourth-order valence-electron chi connectivity index (χ4n) is 10.5. The van der Waals surface area contributed by atoms with Gasteiger partial charge in [0.2, 0.25) is 0 Å². The van der Waals surface area contributed by atoms with Gasteiger partial charge in [0.1, 0.15) is 0 Å². The molecule has 0 bridgehead atoms. The molecule has 3 heterocycles. The lowest BCUT2D eigenvalue weighted by Gasteiger charge is -2.26. The standard InChI is InChI=1S/C68H67N5/c1-42-30-32-60-54(34-42)52-24-16-20-28-58(52)73(60)59-29-21-17-25-53(59)55-39-43(31-33-61(55)72-56-26-18-14-22-50(56)51-23-15-19-27-57(51)72)62-69-63(44-35-46(65(2,3)4)40-47(36-44)66(5,6)7)71-64(70-62)45-37-48(67(8,9)10)41-49(38-45)68(11,12)13/h14-41H,1-13H3. The quantitative estimate of drug-likeness (QED) is 0.167. The third-order valence-electron chi connectivity index (χ3n) is 14.8. The van der Waals surface area contributed by atoms with E-state index in [9.17, 15) is 0 Å². The molecule has 8 aromatic carbocycles. The maximum Gasteiger partial charge on any atom is 0.164 e. The Balaban J connectivity index is 1.24. The Morgan fingerprint density at radius 3 is 1.12 bits per heavy atom. The summed E-state index contributed by atoms with van der Waals surface area (Å²) in [5.41, 5.74) is 17.7. The van der Waals surface area contributed by atoms with Crippen LogP contribution in [-0.4, -0.2) is 24.1 Å². The maximum atomic E-state index is 5.54. The average molecular weight is 954 g/mol. The van der Waals surface area contributed by atoms with Crippen LogP contribution in [0.5, 0.6) is 0 Å². The zero-order chi connectivity index (χ0) is 51.4. The van der Waals surface area contributed by atoms with Crippen LogP contribution < -0.4 is 0 Å². The first-order valence-electron chi connectivity index (χ1n) is 25.9. The highest BCUT2D eigenvalue weighted by molar-refractivity contribution is 6.11. The van der Waals surface area contributed by atoms with E-state index in [1.54, 1.807) is 0 Å². The molecule has 73 heavy (non-hydrogen) atoms. The van der Waals surface area contributed by atoms with Crippen molar-refractivity contribution in [3.05, 3.63) is 198 Å². The van der Waals surface area contributed by atoms with Gasteiger partial charge in [-0.05, 0) is 130 Å². The number of nitrogens with zero attached hydrogens (tertiary/aromatic N) is 5. The van der Waals surface area contributed by atoms with Crippen LogP contribution >= 0.6 is 0 Å². The SMILES string of the molecule is Cc1ccc2c(c1)c1ccccc1n2-c1ccccc1-c1cc(-c2nc(-c3cc(C(C)(C)C)cc(C(C)(C)C)c3)nc(-c3cc(C(C)(C)C)cc(C(C)(C)C)c3)n2)ccc1-n1c2ccccc2c2ccccc21. The minimum atomic E-state index is -0.0997. The van der Waals surface area contributed by atoms with Crippen molar-refractivity contribution < 1.29 is 0 Å². The summed E-state index contributed by atoms with van der Waals surface area (Å²) in [6.07, 6.45) is 0. The van der Waals surface area contributed by atoms with Crippen LogP contribution in [0.3, 0.4) is 0 Å². The van der Waals surface area contributed by atoms with Gasteiger partial charge in [0.15, 0.2) is 17.5 Å². The number of aryl methyl sites for hydroxylation is 1. The topological polar surface area (TPSA) is 48.5 Å². The summed E-state index contributed by atoms with van der Waals surface area (Å²) in [4.78, 5) is 16.6. The summed E-state index contributed by atoms with van der Waals surface area (Å²) in [5.74, 6) is 1.94. The summed E-state index contributed by atoms with van der Waals surface area (Å²) in [7, 11) is 0. The number of benzene rings is 8. The van der Waals surface area contributed by atoms with E-state index in [2.05, 4.69) is 269 Å². The third-order valence-corrected chi connectivity index (χ3v) is 14.8. The van der Waals surface area contributed by atoms with Crippen LogP contribution in [0.1, 0.15) is 111 Å². The molecule has 0 aliphatic carbocycles. The first-order chi connectivity index (χ1) is 34.6. The summed E-state index contributed by atoms with van der Waals surface area (Å²) in [6, 6.07) is 62.8. The van der Waals surface area contributed by atoms with Gasteiger partial charge in [0.05, 0.1) is 33.4 Å². The second kappa shape index (κ2) is 17.3. The highest BCUT2D eigenvalue weighted by Gasteiger charge is 2.27. The molecule has 5 nitrogen and oxygen atoms in total.